The number of nitrogens with one attached hydrogen (secondary N) is 1. The van der Waals surface area contributed by atoms with E-state index in [0.717, 1.165) is 54.2 Å². The van der Waals surface area contributed by atoms with Crippen LogP contribution >= 0.6 is 0 Å². The van der Waals surface area contributed by atoms with Gasteiger partial charge in [0.2, 0.25) is 0 Å². The molecule has 6 heteroatoms. The molecule has 0 radical (unpaired) electrons. The van der Waals surface area contributed by atoms with Crippen LogP contribution in [0.5, 0.6) is 0 Å². The summed E-state index contributed by atoms with van der Waals surface area (Å²) in [5.41, 5.74) is 9.27. The van der Waals surface area contributed by atoms with Gasteiger partial charge in [-0.05, 0) is 24.1 Å². The van der Waals surface area contributed by atoms with Gasteiger partial charge in [0, 0.05) is 19.0 Å². The minimum atomic E-state index is 0.448. The number of nitrogen functional groups attached to an aromatic ring is 1. The summed E-state index contributed by atoms with van der Waals surface area (Å²) in [6, 6.07) is 16.3. The summed E-state index contributed by atoms with van der Waals surface area (Å²) in [5, 5.41) is 3.30. The standard InChI is InChI=1S/C22H25N5O/c1-2-3-11-20-26-21-18(27(20)15-16-8-5-4-6-9-16)13-19(25-22(21)23)24-14-17-10-7-12-28-17/h4-10,12-13H,2-3,11,14-15H2,1H3,(H3,23,24,25). The van der Waals surface area contributed by atoms with Crippen molar-refractivity contribution >= 4 is 22.7 Å². The van der Waals surface area contributed by atoms with Crippen LogP contribution in [0.4, 0.5) is 11.6 Å². The Morgan fingerprint density at radius 2 is 1.96 bits per heavy atom. The molecule has 6 nitrogen and oxygen atoms in total. The average Bonchev–Trinajstić information content (AvgIpc) is 3.34. The number of anilines is 2. The third-order valence-corrected chi connectivity index (χ3v) is 4.80. The Bertz CT molecular complexity index is 1040. The first-order chi connectivity index (χ1) is 13.7. The average molecular weight is 375 g/mol. The highest BCUT2D eigenvalue weighted by atomic mass is 16.3. The lowest BCUT2D eigenvalue weighted by atomic mass is 10.2. The largest absolute Gasteiger partial charge is 0.467 e. The lowest BCUT2D eigenvalue weighted by Crippen LogP contribution is -2.06. The zero-order valence-electron chi connectivity index (χ0n) is 16.1. The summed E-state index contributed by atoms with van der Waals surface area (Å²) in [7, 11) is 0. The third kappa shape index (κ3) is 3.86. The van der Waals surface area contributed by atoms with Crippen molar-refractivity contribution in [3.05, 3.63) is 71.9 Å². The lowest BCUT2D eigenvalue weighted by Gasteiger charge is -2.11. The van der Waals surface area contributed by atoms with Crippen LogP contribution in [0.25, 0.3) is 11.0 Å². The Kier molecular flexibility index (Phi) is 5.28. The molecule has 0 unspecified atom stereocenters. The van der Waals surface area contributed by atoms with Crippen molar-refractivity contribution in [3.8, 4) is 0 Å². The van der Waals surface area contributed by atoms with Gasteiger partial charge in [-0.25, -0.2) is 9.97 Å². The molecule has 3 heterocycles. The summed E-state index contributed by atoms with van der Waals surface area (Å²) in [5.74, 6) is 3.07. The maximum absolute atomic E-state index is 6.26. The molecule has 0 aliphatic carbocycles. The zero-order valence-corrected chi connectivity index (χ0v) is 16.1. The number of aryl methyl sites for hydroxylation is 1. The molecule has 0 atom stereocenters. The first-order valence-electron chi connectivity index (χ1n) is 9.70. The number of fused-ring (bicyclic) bond motifs is 1. The molecule has 144 valence electrons. The van der Waals surface area contributed by atoms with Gasteiger partial charge in [-0.15, -0.1) is 0 Å². The molecule has 28 heavy (non-hydrogen) atoms. The van der Waals surface area contributed by atoms with Crippen molar-refractivity contribution in [2.75, 3.05) is 11.1 Å². The van der Waals surface area contributed by atoms with Crippen LogP contribution in [-0.4, -0.2) is 14.5 Å². The van der Waals surface area contributed by atoms with E-state index in [1.165, 1.54) is 5.56 Å². The van der Waals surface area contributed by atoms with Crippen molar-refractivity contribution in [1.29, 1.82) is 0 Å². The number of nitrogens with zero attached hydrogens (tertiary/aromatic N) is 3. The number of hydrogen-bond donors (Lipinski definition) is 2. The molecule has 0 spiro atoms. The van der Waals surface area contributed by atoms with Gasteiger partial charge >= 0.3 is 0 Å². The van der Waals surface area contributed by atoms with Crippen molar-refractivity contribution in [2.24, 2.45) is 0 Å². The van der Waals surface area contributed by atoms with Gasteiger partial charge < -0.3 is 20.0 Å². The van der Waals surface area contributed by atoms with Crippen molar-refractivity contribution in [3.63, 3.8) is 0 Å². The molecule has 3 N–H and O–H groups in total. The number of hydrogen-bond acceptors (Lipinski definition) is 5. The van der Waals surface area contributed by atoms with Crippen molar-refractivity contribution in [2.45, 2.75) is 39.3 Å². The highest BCUT2D eigenvalue weighted by Crippen LogP contribution is 2.26. The van der Waals surface area contributed by atoms with Crippen molar-refractivity contribution in [1.82, 2.24) is 14.5 Å². The fourth-order valence-electron chi connectivity index (χ4n) is 3.34. The molecule has 0 saturated heterocycles. The molecule has 0 saturated carbocycles. The Balaban J connectivity index is 1.71. The Morgan fingerprint density at radius 1 is 1.11 bits per heavy atom. The number of pyridine rings is 1. The zero-order chi connectivity index (χ0) is 19.3. The molecule has 1 aromatic carbocycles. The topological polar surface area (TPSA) is 81.9 Å². The van der Waals surface area contributed by atoms with Crippen LogP contribution in [0, 0.1) is 0 Å². The highest BCUT2D eigenvalue weighted by molar-refractivity contribution is 5.88. The van der Waals surface area contributed by atoms with Gasteiger partial charge in [0.05, 0.1) is 18.3 Å². The highest BCUT2D eigenvalue weighted by Gasteiger charge is 2.15. The van der Waals surface area contributed by atoms with Crippen LogP contribution in [0.2, 0.25) is 0 Å². The van der Waals surface area contributed by atoms with Gasteiger partial charge in [0.25, 0.3) is 0 Å². The van der Waals surface area contributed by atoms with Gasteiger partial charge in [-0.3, -0.25) is 0 Å². The monoisotopic (exact) mass is 375 g/mol. The molecule has 4 aromatic rings. The van der Waals surface area contributed by atoms with E-state index in [4.69, 9.17) is 15.1 Å². The number of benzene rings is 1. The van der Waals surface area contributed by atoms with Crippen LogP contribution in [-0.2, 0) is 19.5 Å². The van der Waals surface area contributed by atoms with Crippen LogP contribution in [0.15, 0.2) is 59.2 Å². The maximum atomic E-state index is 6.26. The number of aromatic nitrogens is 3. The van der Waals surface area contributed by atoms with E-state index in [0.29, 0.717) is 12.4 Å². The fourth-order valence-corrected chi connectivity index (χ4v) is 3.34. The second-order valence-electron chi connectivity index (χ2n) is 6.90. The van der Waals surface area contributed by atoms with Crippen LogP contribution in [0.3, 0.4) is 0 Å². The van der Waals surface area contributed by atoms with Crippen LogP contribution in [0.1, 0.15) is 36.9 Å². The summed E-state index contributed by atoms with van der Waals surface area (Å²) in [4.78, 5) is 9.32. The first kappa shape index (κ1) is 18.1. The minimum Gasteiger partial charge on any atom is -0.467 e. The summed E-state index contributed by atoms with van der Waals surface area (Å²) < 4.78 is 7.65. The van der Waals surface area contributed by atoms with E-state index in [1.54, 1.807) is 6.26 Å². The third-order valence-electron chi connectivity index (χ3n) is 4.80. The number of nitrogens with two attached hydrogens (primary N) is 1. The second-order valence-corrected chi connectivity index (χ2v) is 6.90. The van der Waals surface area contributed by atoms with Gasteiger partial charge in [-0.1, -0.05) is 43.7 Å². The van der Waals surface area contributed by atoms with E-state index in [9.17, 15) is 0 Å². The molecule has 3 aromatic heterocycles. The summed E-state index contributed by atoms with van der Waals surface area (Å²) >= 11 is 0. The molecule has 0 fully saturated rings. The molecule has 0 aliphatic rings. The molecule has 0 amide bonds. The van der Waals surface area contributed by atoms with Crippen LogP contribution < -0.4 is 11.1 Å². The van der Waals surface area contributed by atoms with E-state index in [1.807, 2.05) is 24.3 Å². The predicted octanol–water partition coefficient (Wildman–Crippen LogP) is 4.61. The van der Waals surface area contributed by atoms with Gasteiger partial charge in [-0.2, -0.15) is 0 Å². The molecular weight excluding hydrogens is 350 g/mol. The van der Waals surface area contributed by atoms with E-state index < -0.39 is 0 Å². The molecule has 0 bridgehead atoms. The van der Waals surface area contributed by atoms with E-state index in [2.05, 4.69) is 46.1 Å². The molecule has 0 aliphatic heterocycles. The SMILES string of the molecule is CCCCc1nc2c(N)nc(NCc3ccco3)cc2n1Cc1ccccc1. The second kappa shape index (κ2) is 8.17. The van der Waals surface area contributed by atoms with E-state index >= 15 is 0 Å². The summed E-state index contributed by atoms with van der Waals surface area (Å²) in [6.07, 6.45) is 4.80. The normalized spacial score (nSPS) is 11.2. The molecule has 4 rings (SSSR count). The summed E-state index contributed by atoms with van der Waals surface area (Å²) in [6.45, 7) is 3.51. The Hall–Kier alpha value is -3.28. The predicted molar refractivity (Wildman–Crippen MR) is 112 cm³/mol. The van der Waals surface area contributed by atoms with Crippen molar-refractivity contribution < 1.29 is 4.42 Å². The quantitative estimate of drug-likeness (QED) is 0.470. The molecular formula is C22H25N5O. The number of unbranched alkanes of at least 4 members (excludes halogenated alkanes) is 1. The lowest BCUT2D eigenvalue weighted by molar-refractivity contribution is 0.518. The maximum Gasteiger partial charge on any atom is 0.154 e. The minimum absolute atomic E-state index is 0.448. The van der Waals surface area contributed by atoms with E-state index in [-0.39, 0.29) is 0 Å². The first-order valence-corrected chi connectivity index (χ1v) is 9.70. The fraction of sp³-hybridized carbons (Fsp3) is 0.273. The Morgan fingerprint density at radius 3 is 2.71 bits per heavy atom. The smallest absolute Gasteiger partial charge is 0.154 e. The van der Waals surface area contributed by atoms with Gasteiger partial charge in [0.1, 0.15) is 22.9 Å². The Labute approximate surface area is 164 Å². The number of imidazole rings is 1. The van der Waals surface area contributed by atoms with Gasteiger partial charge in [0.15, 0.2) is 5.82 Å². The number of furan rings is 1. The number of rotatable bonds is 8.